The lowest BCUT2D eigenvalue weighted by Crippen LogP contribution is -2.38. The van der Waals surface area contributed by atoms with E-state index in [-0.39, 0.29) is 6.03 Å². The van der Waals surface area contributed by atoms with Crippen molar-refractivity contribution in [1.29, 1.82) is 0 Å². The molecule has 0 aliphatic carbocycles. The molecule has 2 rings (SSSR count). The molecule has 0 unspecified atom stereocenters. The fourth-order valence-electron chi connectivity index (χ4n) is 2.64. The van der Waals surface area contributed by atoms with Crippen molar-refractivity contribution in [2.75, 3.05) is 33.7 Å². The normalized spacial score (nSPS) is 18.8. The number of aromatic nitrogens is 1. The van der Waals surface area contributed by atoms with Gasteiger partial charge in [0.05, 0.1) is 12.2 Å². The quantitative estimate of drug-likeness (QED) is 0.901. The molecule has 1 fully saturated rings. The van der Waals surface area contributed by atoms with Crippen molar-refractivity contribution in [3.05, 3.63) is 17.5 Å². The molecule has 0 radical (unpaired) electrons. The van der Waals surface area contributed by atoms with Gasteiger partial charge in [-0.05, 0) is 32.4 Å². The Kier molecular flexibility index (Phi) is 5.22. The highest BCUT2D eigenvalue weighted by Crippen LogP contribution is 2.17. The van der Waals surface area contributed by atoms with E-state index in [1.165, 1.54) is 0 Å². The van der Waals surface area contributed by atoms with Crippen LogP contribution in [0.3, 0.4) is 0 Å². The first-order chi connectivity index (χ1) is 9.95. The lowest BCUT2D eigenvalue weighted by atomic mass is 10.1. The molecule has 1 aliphatic rings. The zero-order valence-electron chi connectivity index (χ0n) is 13.4. The standard InChI is InChI=1S/C15H26N4O2/c1-11(2)14-7-13(21-17-14)8-16-15(20)19-6-5-12(10-19)9-18(3)4/h7,11-12H,5-6,8-10H2,1-4H3,(H,16,20)/t12-/m0/s1. The van der Waals surface area contributed by atoms with Gasteiger partial charge in [-0.15, -0.1) is 0 Å². The van der Waals surface area contributed by atoms with E-state index < -0.39 is 0 Å². The Balaban J connectivity index is 1.77. The molecule has 6 nitrogen and oxygen atoms in total. The average Bonchev–Trinajstić information content (AvgIpc) is 3.04. The van der Waals surface area contributed by atoms with Crippen LogP contribution in [0, 0.1) is 5.92 Å². The number of hydrogen-bond acceptors (Lipinski definition) is 4. The summed E-state index contributed by atoms with van der Waals surface area (Å²) in [5, 5.41) is 6.90. The maximum Gasteiger partial charge on any atom is 0.317 e. The first-order valence-corrected chi connectivity index (χ1v) is 7.58. The topological polar surface area (TPSA) is 61.6 Å². The molecule has 2 amide bonds. The van der Waals surface area contributed by atoms with Gasteiger partial charge in [0, 0.05) is 25.7 Å². The molecule has 0 aromatic carbocycles. The summed E-state index contributed by atoms with van der Waals surface area (Å²) in [6, 6.07) is 1.89. The third-order valence-corrected chi connectivity index (χ3v) is 3.78. The molecule has 0 saturated carbocycles. The Morgan fingerprint density at radius 1 is 1.57 bits per heavy atom. The van der Waals surface area contributed by atoms with Crippen LogP contribution in [-0.2, 0) is 6.54 Å². The minimum Gasteiger partial charge on any atom is -0.359 e. The fourth-order valence-corrected chi connectivity index (χ4v) is 2.64. The van der Waals surface area contributed by atoms with Gasteiger partial charge in [0.2, 0.25) is 0 Å². The number of hydrogen-bond donors (Lipinski definition) is 1. The third-order valence-electron chi connectivity index (χ3n) is 3.78. The number of carbonyl (C=O) groups excluding carboxylic acids is 1. The Morgan fingerprint density at radius 3 is 2.95 bits per heavy atom. The summed E-state index contributed by atoms with van der Waals surface area (Å²) in [5.41, 5.74) is 0.923. The van der Waals surface area contributed by atoms with Crippen LogP contribution >= 0.6 is 0 Å². The predicted octanol–water partition coefficient (Wildman–Crippen LogP) is 1.89. The Labute approximate surface area is 126 Å². The number of carbonyl (C=O) groups is 1. The van der Waals surface area contributed by atoms with Gasteiger partial charge < -0.3 is 19.6 Å². The van der Waals surface area contributed by atoms with Gasteiger partial charge in [-0.3, -0.25) is 0 Å². The Morgan fingerprint density at radius 2 is 2.33 bits per heavy atom. The summed E-state index contributed by atoms with van der Waals surface area (Å²) in [7, 11) is 4.14. The Bertz CT molecular complexity index is 470. The van der Waals surface area contributed by atoms with Gasteiger partial charge in [-0.25, -0.2) is 4.79 Å². The summed E-state index contributed by atoms with van der Waals surface area (Å²) < 4.78 is 5.22. The third kappa shape index (κ3) is 4.46. The lowest BCUT2D eigenvalue weighted by Gasteiger charge is -2.18. The van der Waals surface area contributed by atoms with E-state index in [1.807, 2.05) is 11.0 Å². The molecule has 1 N–H and O–H groups in total. The van der Waals surface area contributed by atoms with E-state index in [2.05, 4.69) is 43.3 Å². The molecule has 6 heteroatoms. The van der Waals surface area contributed by atoms with Crippen LogP contribution < -0.4 is 5.32 Å². The SMILES string of the molecule is CC(C)c1cc(CNC(=O)N2CC[C@@H](CN(C)C)C2)on1. The second kappa shape index (κ2) is 6.93. The van der Waals surface area contributed by atoms with Gasteiger partial charge >= 0.3 is 6.03 Å². The molecule has 1 aromatic rings. The maximum absolute atomic E-state index is 12.1. The zero-order chi connectivity index (χ0) is 15.4. The largest absolute Gasteiger partial charge is 0.359 e. The van der Waals surface area contributed by atoms with Gasteiger partial charge in [-0.2, -0.15) is 0 Å². The number of amides is 2. The van der Waals surface area contributed by atoms with Crippen LogP contribution in [0.2, 0.25) is 0 Å². The van der Waals surface area contributed by atoms with E-state index >= 15 is 0 Å². The maximum atomic E-state index is 12.1. The summed E-state index contributed by atoms with van der Waals surface area (Å²) in [6.45, 7) is 7.22. The molecule has 118 valence electrons. The van der Waals surface area contributed by atoms with Crippen molar-refractivity contribution >= 4 is 6.03 Å². The monoisotopic (exact) mass is 294 g/mol. The fraction of sp³-hybridized carbons (Fsp3) is 0.733. The molecule has 1 saturated heterocycles. The summed E-state index contributed by atoms with van der Waals surface area (Å²) >= 11 is 0. The minimum atomic E-state index is -0.0150. The van der Waals surface area contributed by atoms with Crippen molar-refractivity contribution in [3.8, 4) is 0 Å². The average molecular weight is 294 g/mol. The first-order valence-electron chi connectivity index (χ1n) is 7.58. The van der Waals surface area contributed by atoms with Crippen LogP contribution in [0.5, 0.6) is 0 Å². The smallest absolute Gasteiger partial charge is 0.317 e. The van der Waals surface area contributed by atoms with Crippen molar-refractivity contribution < 1.29 is 9.32 Å². The van der Waals surface area contributed by atoms with Crippen LogP contribution in [0.15, 0.2) is 10.6 Å². The molecule has 21 heavy (non-hydrogen) atoms. The summed E-state index contributed by atoms with van der Waals surface area (Å²) in [4.78, 5) is 16.2. The van der Waals surface area contributed by atoms with Crippen molar-refractivity contribution in [2.24, 2.45) is 5.92 Å². The van der Waals surface area contributed by atoms with E-state index in [1.54, 1.807) is 0 Å². The van der Waals surface area contributed by atoms with E-state index in [0.717, 1.165) is 31.7 Å². The van der Waals surface area contributed by atoms with Crippen LogP contribution in [0.4, 0.5) is 4.79 Å². The van der Waals surface area contributed by atoms with Crippen molar-refractivity contribution in [3.63, 3.8) is 0 Å². The molecule has 2 heterocycles. The highest BCUT2D eigenvalue weighted by atomic mass is 16.5. The van der Waals surface area contributed by atoms with Gasteiger partial charge in [0.15, 0.2) is 5.76 Å². The number of rotatable bonds is 5. The molecule has 1 aliphatic heterocycles. The second-order valence-electron chi connectivity index (χ2n) is 6.39. The molecule has 0 bridgehead atoms. The zero-order valence-corrected chi connectivity index (χ0v) is 13.4. The molecule has 0 spiro atoms. The molecular formula is C15H26N4O2. The number of nitrogens with one attached hydrogen (secondary N) is 1. The van der Waals surface area contributed by atoms with Crippen molar-refractivity contribution in [1.82, 2.24) is 20.3 Å². The van der Waals surface area contributed by atoms with Crippen LogP contribution in [0.25, 0.3) is 0 Å². The lowest BCUT2D eigenvalue weighted by molar-refractivity contribution is 0.203. The van der Waals surface area contributed by atoms with Crippen LogP contribution in [-0.4, -0.2) is 54.7 Å². The number of likely N-dealkylation sites (tertiary alicyclic amines) is 1. The van der Waals surface area contributed by atoms with Gasteiger partial charge in [-0.1, -0.05) is 19.0 Å². The minimum absolute atomic E-state index is 0.0150. The predicted molar refractivity (Wildman–Crippen MR) is 81.1 cm³/mol. The van der Waals surface area contributed by atoms with E-state index in [0.29, 0.717) is 24.1 Å². The van der Waals surface area contributed by atoms with Crippen LogP contribution in [0.1, 0.15) is 37.6 Å². The molecular weight excluding hydrogens is 268 g/mol. The van der Waals surface area contributed by atoms with E-state index in [4.69, 9.17) is 4.52 Å². The number of urea groups is 1. The second-order valence-corrected chi connectivity index (χ2v) is 6.39. The van der Waals surface area contributed by atoms with Gasteiger partial charge in [0.1, 0.15) is 0 Å². The summed E-state index contributed by atoms with van der Waals surface area (Å²) in [6.07, 6.45) is 1.07. The molecule has 1 aromatic heterocycles. The Hall–Kier alpha value is -1.56. The van der Waals surface area contributed by atoms with E-state index in [9.17, 15) is 4.79 Å². The highest BCUT2D eigenvalue weighted by molar-refractivity contribution is 5.74. The molecule has 1 atom stereocenters. The summed E-state index contributed by atoms with van der Waals surface area (Å²) in [5.74, 6) is 1.61. The first kappa shape index (κ1) is 15.8. The number of nitrogens with zero attached hydrogens (tertiary/aromatic N) is 3. The highest BCUT2D eigenvalue weighted by Gasteiger charge is 2.26. The van der Waals surface area contributed by atoms with Gasteiger partial charge in [0.25, 0.3) is 0 Å². The van der Waals surface area contributed by atoms with Crippen molar-refractivity contribution in [2.45, 2.75) is 32.7 Å².